The molecule has 24 heavy (non-hydrogen) atoms. The summed E-state index contributed by atoms with van der Waals surface area (Å²) >= 11 is 0. The Hall–Kier alpha value is -2.20. The number of pyridine rings is 1. The van der Waals surface area contributed by atoms with E-state index in [1.807, 2.05) is 43.5 Å². The topological polar surface area (TPSA) is 48.7 Å². The SMILES string of the molecule is CCCN=Cc1cc(C)cc(CN(C)CCc2ccccn2)c1O. The zero-order valence-electron chi connectivity index (χ0n) is 14.9. The van der Waals surface area contributed by atoms with Crippen LogP contribution in [0, 0.1) is 6.92 Å². The van der Waals surface area contributed by atoms with Gasteiger partial charge >= 0.3 is 0 Å². The Morgan fingerprint density at radius 3 is 2.83 bits per heavy atom. The lowest BCUT2D eigenvalue weighted by Crippen LogP contribution is -2.21. The Balaban J connectivity index is 2.02. The third kappa shape index (κ3) is 5.46. The van der Waals surface area contributed by atoms with Crippen LogP contribution in [0.2, 0.25) is 0 Å². The van der Waals surface area contributed by atoms with Crippen molar-refractivity contribution in [3.05, 3.63) is 58.9 Å². The molecule has 0 spiro atoms. The van der Waals surface area contributed by atoms with E-state index < -0.39 is 0 Å². The molecule has 1 heterocycles. The molecule has 0 saturated carbocycles. The molecule has 1 aromatic heterocycles. The highest BCUT2D eigenvalue weighted by Crippen LogP contribution is 2.24. The van der Waals surface area contributed by atoms with Gasteiger partial charge in [-0.25, -0.2) is 0 Å². The Morgan fingerprint density at radius 2 is 2.12 bits per heavy atom. The number of aliphatic imine (C=N–C) groups is 1. The fraction of sp³-hybridized carbons (Fsp3) is 0.400. The molecule has 0 aliphatic heterocycles. The van der Waals surface area contributed by atoms with Gasteiger partial charge in [-0.1, -0.05) is 19.1 Å². The zero-order valence-corrected chi connectivity index (χ0v) is 14.9. The Labute approximate surface area is 144 Å². The first kappa shape index (κ1) is 18.1. The molecule has 1 N–H and O–H groups in total. The maximum atomic E-state index is 10.5. The molecule has 2 aromatic rings. The van der Waals surface area contributed by atoms with Crippen molar-refractivity contribution in [1.82, 2.24) is 9.88 Å². The van der Waals surface area contributed by atoms with Gasteiger partial charge in [-0.3, -0.25) is 9.98 Å². The Bertz CT molecular complexity index is 668. The fourth-order valence-electron chi connectivity index (χ4n) is 2.62. The molecule has 1 aromatic carbocycles. The summed E-state index contributed by atoms with van der Waals surface area (Å²) in [6.07, 6.45) is 5.51. The van der Waals surface area contributed by atoms with Crippen LogP contribution in [0.25, 0.3) is 0 Å². The fourth-order valence-corrected chi connectivity index (χ4v) is 2.62. The summed E-state index contributed by atoms with van der Waals surface area (Å²) in [6.45, 7) is 6.52. The quantitative estimate of drug-likeness (QED) is 0.754. The van der Waals surface area contributed by atoms with Gasteiger partial charge in [0.1, 0.15) is 5.75 Å². The van der Waals surface area contributed by atoms with Gasteiger partial charge in [-0.05, 0) is 44.2 Å². The van der Waals surface area contributed by atoms with Crippen molar-refractivity contribution in [3.63, 3.8) is 0 Å². The summed E-state index contributed by atoms with van der Waals surface area (Å²) in [5, 5.41) is 10.5. The lowest BCUT2D eigenvalue weighted by Gasteiger charge is -2.18. The highest BCUT2D eigenvalue weighted by atomic mass is 16.3. The van der Waals surface area contributed by atoms with E-state index in [0.717, 1.165) is 48.3 Å². The third-order valence-corrected chi connectivity index (χ3v) is 3.86. The van der Waals surface area contributed by atoms with E-state index in [9.17, 15) is 5.11 Å². The largest absolute Gasteiger partial charge is 0.507 e. The lowest BCUT2D eigenvalue weighted by atomic mass is 10.0. The van der Waals surface area contributed by atoms with E-state index in [2.05, 4.69) is 28.8 Å². The van der Waals surface area contributed by atoms with E-state index in [1.165, 1.54) is 0 Å². The molecule has 128 valence electrons. The summed E-state index contributed by atoms with van der Waals surface area (Å²) in [5.74, 6) is 0.338. The standard InChI is InChI=1S/C20H27N3O/c1-4-9-21-14-17-12-16(2)13-18(20(17)24)15-23(3)11-8-19-7-5-6-10-22-19/h5-7,10,12-14,24H,4,8-9,11,15H2,1-3H3. The number of benzene rings is 1. The normalized spacial score (nSPS) is 11.5. The highest BCUT2D eigenvalue weighted by Gasteiger charge is 2.10. The first-order valence-corrected chi connectivity index (χ1v) is 8.51. The molecule has 4 nitrogen and oxygen atoms in total. The van der Waals surface area contributed by atoms with Gasteiger partial charge in [0.05, 0.1) is 0 Å². The smallest absolute Gasteiger partial charge is 0.128 e. The van der Waals surface area contributed by atoms with Crippen LogP contribution in [-0.2, 0) is 13.0 Å². The average Bonchev–Trinajstić information content (AvgIpc) is 2.58. The van der Waals surface area contributed by atoms with Crippen LogP contribution in [-0.4, -0.2) is 41.3 Å². The number of aromatic nitrogens is 1. The van der Waals surface area contributed by atoms with Crippen molar-refractivity contribution >= 4 is 6.21 Å². The molecule has 0 aliphatic rings. The van der Waals surface area contributed by atoms with E-state index in [0.29, 0.717) is 12.3 Å². The minimum Gasteiger partial charge on any atom is -0.507 e. The molecule has 2 rings (SSSR count). The van der Waals surface area contributed by atoms with E-state index in [1.54, 1.807) is 6.21 Å². The minimum atomic E-state index is 0.338. The molecule has 0 radical (unpaired) electrons. The van der Waals surface area contributed by atoms with Crippen LogP contribution in [0.5, 0.6) is 5.75 Å². The maximum absolute atomic E-state index is 10.5. The van der Waals surface area contributed by atoms with Crippen LogP contribution in [0.1, 0.15) is 35.7 Å². The molecule has 4 heteroatoms. The molecule has 0 fully saturated rings. The van der Waals surface area contributed by atoms with Crippen molar-refractivity contribution in [3.8, 4) is 5.75 Å². The summed E-state index contributed by atoms with van der Waals surface area (Å²) in [4.78, 5) is 10.9. The number of hydrogen-bond acceptors (Lipinski definition) is 4. The third-order valence-electron chi connectivity index (χ3n) is 3.86. The molecule has 0 saturated heterocycles. The number of nitrogens with zero attached hydrogens (tertiary/aromatic N) is 3. The van der Waals surface area contributed by atoms with Gasteiger partial charge in [-0.2, -0.15) is 0 Å². The van der Waals surface area contributed by atoms with Gasteiger partial charge in [0.15, 0.2) is 0 Å². The number of likely N-dealkylation sites (N-methyl/N-ethyl adjacent to an activating group) is 1. The first-order chi connectivity index (χ1) is 11.6. The van der Waals surface area contributed by atoms with Gasteiger partial charge in [0.2, 0.25) is 0 Å². The maximum Gasteiger partial charge on any atom is 0.128 e. The molecule has 0 amide bonds. The van der Waals surface area contributed by atoms with Crippen molar-refractivity contribution in [2.45, 2.75) is 33.2 Å². The number of phenols is 1. The second-order valence-corrected chi connectivity index (χ2v) is 6.21. The molecule has 0 unspecified atom stereocenters. The number of hydrogen-bond donors (Lipinski definition) is 1. The summed E-state index contributed by atoms with van der Waals surface area (Å²) < 4.78 is 0. The van der Waals surface area contributed by atoms with Gasteiger partial charge in [0.25, 0.3) is 0 Å². The monoisotopic (exact) mass is 325 g/mol. The van der Waals surface area contributed by atoms with Gasteiger partial charge < -0.3 is 10.0 Å². The van der Waals surface area contributed by atoms with Crippen molar-refractivity contribution in [1.29, 1.82) is 0 Å². The molecule has 0 aliphatic carbocycles. The van der Waals surface area contributed by atoms with Crippen LogP contribution >= 0.6 is 0 Å². The van der Waals surface area contributed by atoms with Crippen LogP contribution in [0.4, 0.5) is 0 Å². The first-order valence-electron chi connectivity index (χ1n) is 8.51. The van der Waals surface area contributed by atoms with Crippen LogP contribution < -0.4 is 0 Å². The van der Waals surface area contributed by atoms with Crippen LogP contribution in [0.15, 0.2) is 41.5 Å². The van der Waals surface area contributed by atoms with E-state index in [-0.39, 0.29) is 0 Å². The second-order valence-electron chi connectivity index (χ2n) is 6.21. The predicted molar refractivity (Wildman–Crippen MR) is 99.9 cm³/mol. The summed E-state index contributed by atoms with van der Waals surface area (Å²) in [7, 11) is 2.07. The summed E-state index contributed by atoms with van der Waals surface area (Å²) in [5.41, 5.74) is 3.97. The number of phenolic OH excluding ortho intramolecular Hbond substituents is 1. The molecule has 0 bridgehead atoms. The highest BCUT2D eigenvalue weighted by molar-refractivity contribution is 5.84. The lowest BCUT2D eigenvalue weighted by molar-refractivity contribution is 0.323. The van der Waals surface area contributed by atoms with Gasteiger partial charge in [-0.15, -0.1) is 0 Å². The minimum absolute atomic E-state index is 0.338. The zero-order chi connectivity index (χ0) is 17.4. The molecular weight excluding hydrogens is 298 g/mol. The number of rotatable bonds is 8. The Morgan fingerprint density at radius 1 is 1.29 bits per heavy atom. The van der Waals surface area contributed by atoms with E-state index in [4.69, 9.17) is 0 Å². The number of aromatic hydroxyl groups is 1. The summed E-state index contributed by atoms with van der Waals surface area (Å²) in [6, 6.07) is 10.0. The Kier molecular flexibility index (Phi) is 6.94. The van der Waals surface area contributed by atoms with Crippen LogP contribution in [0.3, 0.4) is 0 Å². The van der Waals surface area contributed by atoms with Crippen molar-refractivity contribution in [2.24, 2.45) is 4.99 Å². The molecule has 0 atom stereocenters. The van der Waals surface area contributed by atoms with Crippen molar-refractivity contribution < 1.29 is 5.11 Å². The van der Waals surface area contributed by atoms with Crippen molar-refractivity contribution in [2.75, 3.05) is 20.1 Å². The predicted octanol–water partition coefficient (Wildman–Crippen LogP) is 3.60. The van der Waals surface area contributed by atoms with Gasteiger partial charge in [0, 0.05) is 55.3 Å². The number of aryl methyl sites for hydroxylation is 1. The second kappa shape index (κ2) is 9.18. The average molecular weight is 325 g/mol. The molecular formula is C20H27N3O. The van der Waals surface area contributed by atoms with E-state index >= 15 is 0 Å².